The van der Waals surface area contributed by atoms with Crippen LogP contribution in [0.2, 0.25) is 0 Å². The molecule has 5 aromatic rings. The normalized spacial score (nSPS) is 15.0. The lowest BCUT2D eigenvalue weighted by Crippen LogP contribution is -2.63. The summed E-state index contributed by atoms with van der Waals surface area (Å²) in [6.45, 7) is 7.54. The summed E-state index contributed by atoms with van der Waals surface area (Å²) in [7, 11) is 0. The Kier molecular flexibility index (Phi) is 44.7. The Hall–Kier alpha value is -11.0. The van der Waals surface area contributed by atoms with Crippen LogP contribution in [0.15, 0.2) is 104 Å². The molecule has 40 nitrogen and oxygen atoms in total. The first-order valence-electron chi connectivity index (χ1n) is 40.4. The molecule has 15 atom stereocenters. The van der Waals surface area contributed by atoms with E-state index < -0.39 is 198 Å². The predicted molar refractivity (Wildman–Crippen MR) is 459 cm³/mol. The van der Waals surface area contributed by atoms with E-state index in [1.165, 1.54) is 12.5 Å². The average molecular weight is 1740 g/mol. The van der Waals surface area contributed by atoms with Gasteiger partial charge in [-0.25, -0.2) is 10.8 Å². The van der Waals surface area contributed by atoms with Crippen molar-refractivity contribution < 1.29 is 82.1 Å². The van der Waals surface area contributed by atoms with E-state index in [4.69, 9.17) is 28.8 Å². The molecule has 0 bridgehead atoms. The number of unbranched alkanes of at least 4 members (excludes halogenated alkanes) is 2. The lowest BCUT2D eigenvalue weighted by atomic mass is 9.97. The topological polar surface area (TPSA) is 652 Å². The van der Waals surface area contributed by atoms with Gasteiger partial charge in [0.15, 0.2) is 0 Å². The van der Waals surface area contributed by atoms with Crippen molar-refractivity contribution in [1.82, 2.24) is 94.8 Å². The number of hydrazine groups is 1. The maximum absolute atomic E-state index is 15.2. The SMILES string of the molecule is CC(C)CC(NC(=O)C(C)Cc1c[nH]c2ccccc12)C(=O)NC(CCCCN)C(=O)NC(Cc1ccccc1)C(=O)NC(Cc1ccccc1)C(=O)NC(Cc1cnc[nH]1)C(=O)NC(CCCNC(N)N)C(=O)NC(C(=O)NC(CS)C(=O)NC(CCCCN)C(=O)NC(CS)C(=O)NC(C(=O)NCC(=O)NC(C=O)CC(=O)NN)C(C)O)C(C)O. The van der Waals surface area contributed by atoms with Crippen molar-refractivity contribution in [3.8, 4) is 0 Å². The first-order chi connectivity index (χ1) is 58.2. The number of fused-ring (bicyclic) bond motifs is 1. The molecule has 0 aliphatic carbocycles. The molecule has 0 aliphatic heterocycles. The van der Waals surface area contributed by atoms with Crippen molar-refractivity contribution >= 4 is 125 Å². The number of aromatic nitrogens is 3. The number of hydrogen-bond acceptors (Lipinski definition) is 26. The lowest BCUT2D eigenvalue weighted by Gasteiger charge is -2.29. The van der Waals surface area contributed by atoms with E-state index in [1.807, 2.05) is 44.3 Å². The highest BCUT2D eigenvalue weighted by atomic mass is 32.1. The van der Waals surface area contributed by atoms with Crippen molar-refractivity contribution in [1.29, 1.82) is 0 Å². The average Bonchev–Trinajstić information content (AvgIpc) is 1.64. The van der Waals surface area contributed by atoms with Gasteiger partial charge in [0.25, 0.3) is 0 Å². The van der Waals surface area contributed by atoms with Crippen molar-refractivity contribution in [2.75, 3.05) is 37.7 Å². The van der Waals surface area contributed by atoms with Gasteiger partial charge in [-0.2, -0.15) is 25.3 Å². The number of para-hydroxylation sites is 1. The van der Waals surface area contributed by atoms with Crippen LogP contribution in [-0.2, 0) is 97.6 Å². The Morgan fingerprint density at radius 2 is 0.893 bits per heavy atom. The molecule has 670 valence electrons. The standard InChI is InChI=1S/C80H121N23O17S2/c1-44(2)31-58(95-68(109)45(3)32-50-37-88-54-24-13-12-23-53(50)54)72(113)92-55(25-14-16-28-81)69(110)96-59(33-48-19-8-6-9-20-48)73(114)97-60(34-49-21-10-7-11-22-49)74(115)98-61(35-51-38-86-43-90-51)75(116)93-57(27-18-30-87-80(83)84)71(112)102-67(47(5)106)79(120)100-62(41-121)76(117)94-56(26-15-17-29-82)70(111)99-63(42-122)77(118)101-66(46(4)105)78(119)89-39-65(108)91-52(40-104)36-64(107)103-85/h6-13,19-24,37-38,40,43-47,52,55-63,66-67,80,87-88,105-106,121-122H,14-18,25-36,39,41-42,81-85H2,1-5H3,(H,86,90)(H,89,119)(H,91,108)(H,92,113)(H,93,116)(H,94,117)(H,95,109)(H,96,110)(H,97,114)(H,98,115)(H,99,111)(H,100,120)(H,101,118)(H,102,112)(H,103,107). The van der Waals surface area contributed by atoms with E-state index in [0.717, 1.165) is 30.3 Å². The minimum Gasteiger partial charge on any atom is -0.391 e. The molecule has 29 N–H and O–H groups in total. The van der Waals surface area contributed by atoms with E-state index in [9.17, 15) is 67.7 Å². The predicted octanol–water partition coefficient (Wildman–Crippen LogP) is -5.19. The number of amides is 14. The van der Waals surface area contributed by atoms with Gasteiger partial charge in [0.1, 0.15) is 79.0 Å². The zero-order valence-corrected chi connectivity index (χ0v) is 70.9. The Balaban J connectivity index is 1.37. The smallest absolute Gasteiger partial charge is 0.245 e. The third-order valence-electron chi connectivity index (χ3n) is 19.5. The maximum atomic E-state index is 15.2. The van der Waals surface area contributed by atoms with Crippen LogP contribution in [0.1, 0.15) is 121 Å². The van der Waals surface area contributed by atoms with Crippen LogP contribution in [0, 0.1) is 11.8 Å². The molecular formula is C80H121N23O17S2. The second kappa shape index (κ2) is 53.7. The Morgan fingerprint density at radius 1 is 0.467 bits per heavy atom. The molecule has 5 rings (SSSR count). The van der Waals surface area contributed by atoms with Crippen LogP contribution in [0.3, 0.4) is 0 Å². The van der Waals surface area contributed by atoms with Crippen molar-refractivity contribution in [2.45, 2.75) is 216 Å². The summed E-state index contributed by atoms with van der Waals surface area (Å²) in [6.07, 6.45) is 1.11. The van der Waals surface area contributed by atoms with Crippen LogP contribution in [-0.4, -0.2) is 243 Å². The summed E-state index contributed by atoms with van der Waals surface area (Å²) in [5.74, 6) is -9.09. The molecule has 3 aromatic carbocycles. The maximum Gasteiger partial charge on any atom is 0.245 e. The number of nitrogens with two attached hydrogens (primary N) is 5. The van der Waals surface area contributed by atoms with Gasteiger partial charge in [-0.05, 0) is 126 Å². The fraction of sp³-hybridized carbons (Fsp3) is 0.525. The highest BCUT2D eigenvalue weighted by Crippen LogP contribution is 2.22. The number of aliphatic hydroxyl groups excluding tert-OH is 2. The summed E-state index contributed by atoms with van der Waals surface area (Å²) in [6, 6.07) is 6.88. The molecule has 2 aromatic heterocycles. The summed E-state index contributed by atoms with van der Waals surface area (Å²) in [4.78, 5) is 219. The molecule has 122 heavy (non-hydrogen) atoms. The molecule has 15 unspecified atom stereocenters. The van der Waals surface area contributed by atoms with E-state index in [0.29, 0.717) is 42.5 Å². The minimum absolute atomic E-state index is 0.0674. The number of imidazole rings is 1. The number of aliphatic hydroxyl groups is 2. The molecule has 42 heteroatoms. The number of nitrogens with one attached hydrogen (secondary N) is 17. The molecule has 2 heterocycles. The number of benzene rings is 3. The first-order valence-corrected chi connectivity index (χ1v) is 41.7. The number of aldehydes is 1. The highest BCUT2D eigenvalue weighted by Gasteiger charge is 2.39. The molecule has 0 saturated carbocycles. The lowest BCUT2D eigenvalue weighted by molar-refractivity contribution is -0.137. The second-order valence-electron chi connectivity index (χ2n) is 30.1. The number of hydrogen-bond donors (Lipinski definition) is 26. The van der Waals surface area contributed by atoms with Crippen LogP contribution in [0.4, 0.5) is 0 Å². The fourth-order valence-corrected chi connectivity index (χ4v) is 13.4. The summed E-state index contributed by atoms with van der Waals surface area (Å²) in [5.41, 5.74) is 28.3. The van der Waals surface area contributed by atoms with Gasteiger partial charge in [-0.3, -0.25) is 77.9 Å². The summed E-state index contributed by atoms with van der Waals surface area (Å²) in [5, 5.41) is 58.9. The Labute approximate surface area is 718 Å². The molecule has 0 saturated heterocycles. The third-order valence-corrected chi connectivity index (χ3v) is 20.3. The van der Waals surface area contributed by atoms with Crippen LogP contribution in [0.5, 0.6) is 0 Å². The van der Waals surface area contributed by atoms with Gasteiger partial charge in [0, 0.05) is 65.7 Å². The number of carbonyl (C=O) groups excluding carboxylic acids is 15. The fourth-order valence-electron chi connectivity index (χ4n) is 12.9. The molecule has 0 spiro atoms. The van der Waals surface area contributed by atoms with Gasteiger partial charge in [0.2, 0.25) is 82.7 Å². The van der Waals surface area contributed by atoms with Gasteiger partial charge < -0.3 is 117 Å². The zero-order valence-electron chi connectivity index (χ0n) is 69.1. The van der Waals surface area contributed by atoms with Gasteiger partial charge in [0.05, 0.1) is 37.5 Å². The number of thiol groups is 2. The highest BCUT2D eigenvalue weighted by molar-refractivity contribution is 7.80. The number of aromatic amines is 2. The monoisotopic (exact) mass is 1740 g/mol. The largest absolute Gasteiger partial charge is 0.391 e. The second-order valence-corrected chi connectivity index (χ2v) is 30.8. The number of rotatable bonds is 56. The van der Waals surface area contributed by atoms with E-state index >= 15 is 14.4 Å². The quantitative estimate of drug-likeness (QED) is 0.00329. The number of carbonyl (C=O) groups is 15. The summed E-state index contributed by atoms with van der Waals surface area (Å²) < 4.78 is 0. The number of H-pyrrole nitrogens is 2. The van der Waals surface area contributed by atoms with E-state index in [2.05, 4.69) is 115 Å². The van der Waals surface area contributed by atoms with Crippen molar-refractivity contribution in [3.05, 3.63) is 126 Å². The van der Waals surface area contributed by atoms with Gasteiger partial charge in [-0.15, -0.1) is 0 Å². The van der Waals surface area contributed by atoms with Crippen molar-refractivity contribution in [3.63, 3.8) is 0 Å². The third kappa shape index (κ3) is 35.2. The zero-order chi connectivity index (χ0) is 90.0. The number of nitrogens with zero attached hydrogens (tertiary/aromatic N) is 1. The van der Waals surface area contributed by atoms with Gasteiger partial charge >= 0.3 is 0 Å². The van der Waals surface area contributed by atoms with Crippen LogP contribution in [0.25, 0.3) is 10.9 Å². The Morgan fingerprint density at radius 3 is 1.36 bits per heavy atom. The van der Waals surface area contributed by atoms with E-state index in [-0.39, 0.29) is 95.5 Å². The van der Waals surface area contributed by atoms with Crippen LogP contribution < -0.4 is 109 Å². The molecule has 14 amide bonds. The molecule has 0 radical (unpaired) electrons. The molecule has 0 aliphatic rings. The van der Waals surface area contributed by atoms with Gasteiger partial charge in [-0.1, -0.05) is 99.6 Å². The summed E-state index contributed by atoms with van der Waals surface area (Å²) >= 11 is 8.48. The molecule has 0 fully saturated rings. The van der Waals surface area contributed by atoms with Crippen LogP contribution >= 0.6 is 25.3 Å². The van der Waals surface area contributed by atoms with Crippen molar-refractivity contribution in [2.24, 2.45) is 40.6 Å². The van der Waals surface area contributed by atoms with E-state index in [1.54, 1.807) is 73.0 Å². The molecular weight excluding hydrogens is 1620 g/mol. The Bertz CT molecular complexity index is 4210. The first kappa shape index (κ1) is 102. The minimum atomic E-state index is -1.89.